The number of benzene rings is 2. The lowest BCUT2D eigenvalue weighted by Crippen LogP contribution is -2.18. The Bertz CT molecular complexity index is 584. The van der Waals surface area contributed by atoms with Gasteiger partial charge in [-0.15, -0.1) is 0 Å². The van der Waals surface area contributed by atoms with E-state index in [4.69, 9.17) is 16.9 Å². The number of halogens is 1. The van der Waals surface area contributed by atoms with Gasteiger partial charge in [0.05, 0.1) is 11.6 Å². The van der Waals surface area contributed by atoms with Gasteiger partial charge in [0.2, 0.25) is 0 Å². The van der Waals surface area contributed by atoms with Crippen molar-refractivity contribution in [1.82, 2.24) is 0 Å². The summed E-state index contributed by atoms with van der Waals surface area (Å²) in [7, 11) is 0. The summed E-state index contributed by atoms with van der Waals surface area (Å²) in [5.41, 5.74) is 2.88. The lowest BCUT2D eigenvalue weighted by molar-refractivity contribution is 0.790. The highest BCUT2D eigenvalue weighted by atomic mass is 35.5. The van der Waals surface area contributed by atoms with Crippen LogP contribution in [0.5, 0.6) is 0 Å². The van der Waals surface area contributed by atoms with Crippen LogP contribution in [0.4, 0.5) is 5.69 Å². The van der Waals surface area contributed by atoms with Crippen LogP contribution in [0.3, 0.4) is 0 Å². The monoisotopic (exact) mass is 270 g/mol. The summed E-state index contributed by atoms with van der Waals surface area (Å²) in [6.45, 7) is 2.12. The summed E-state index contributed by atoms with van der Waals surface area (Å²) in [5, 5.41) is 13.0. The fraction of sp³-hybridized carbons (Fsp3) is 0.188. The lowest BCUT2D eigenvalue weighted by atomic mass is 10.1. The molecule has 0 bridgehead atoms. The summed E-state index contributed by atoms with van der Waals surface area (Å²) in [6, 6.07) is 17.8. The summed E-state index contributed by atoms with van der Waals surface area (Å²) in [6.07, 6.45) is 0.911. The van der Waals surface area contributed by atoms with Gasteiger partial charge in [-0.25, -0.2) is 0 Å². The molecule has 0 aliphatic heterocycles. The number of nitrogens with one attached hydrogen (secondary N) is 1. The molecule has 0 aromatic heterocycles. The molecule has 0 fully saturated rings. The molecule has 2 nitrogen and oxygen atoms in total. The Hall–Kier alpha value is -1.98. The van der Waals surface area contributed by atoms with Crippen LogP contribution >= 0.6 is 11.6 Å². The molecule has 0 saturated carbocycles. The zero-order chi connectivity index (χ0) is 13.7. The average Bonchev–Trinajstić information content (AvgIpc) is 2.41. The highest BCUT2D eigenvalue weighted by Gasteiger charge is 2.04. The van der Waals surface area contributed by atoms with E-state index in [1.807, 2.05) is 42.5 Å². The van der Waals surface area contributed by atoms with E-state index in [1.165, 1.54) is 5.56 Å². The van der Waals surface area contributed by atoms with Crippen LogP contribution in [-0.4, -0.2) is 6.04 Å². The molecule has 1 unspecified atom stereocenters. The Kier molecular flexibility index (Phi) is 4.43. The Morgan fingerprint density at radius 1 is 1.21 bits per heavy atom. The van der Waals surface area contributed by atoms with Crippen molar-refractivity contribution in [2.75, 3.05) is 5.32 Å². The molecule has 1 N–H and O–H groups in total. The molecule has 0 spiro atoms. The first-order chi connectivity index (χ1) is 9.17. The molecule has 2 aromatic carbocycles. The van der Waals surface area contributed by atoms with Crippen molar-refractivity contribution in [2.24, 2.45) is 0 Å². The summed E-state index contributed by atoms with van der Waals surface area (Å²) >= 11 is 5.87. The Labute approximate surface area is 118 Å². The number of nitrogens with zero attached hydrogens (tertiary/aromatic N) is 1. The third kappa shape index (κ3) is 4.01. The Balaban J connectivity index is 1.99. The molecule has 3 heteroatoms. The SMILES string of the molecule is CC(Cc1ccc(Cl)cc1)Nc1cccc(C#N)c1. The molecule has 0 amide bonds. The van der Waals surface area contributed by atoms with Gasteiger partial charge in [0.25, 0.3) is 0 Å². The molecule has 2 aromatic rings. The zero-order valence-electron chi connectivity index (χ0n) is 10.7. The Morgan fingerprint density at radius 3 is 2.63 bits per heavy atom. The van der Waals surface area contributed by atoms with E-state index in [-0.39, 0.29) is 6.04 Å². The third-order valence-electron chi connectivity index (χ3n) is 2.86. The molecule has 0 aliphatic carbocycles. The van der Waals surface area contributed by atoms with E-state index in [9.17, 15) is 0 Å². The van der Waals surface area contributed by atoms with Gasteiger partial charge in [-0.2, -0.15) is 5.26 Å². The topological polar surface area (TPSA) is 35.8 Å². The molecule has 0 aliphatic rings. The van der Waals surface area contributed by atoms with Gasteiger partial charge < -0.3 is 5.32 Å². The van der Waals surface area contributed by atoms with Gasteiger partial charge in [-0.05, 0) is 49.2 Å². The van der Waals surface area contributed by atoms with Crippen LogP contribution < -0.4 is 5.32 Å². The second kappa shape index (κ2) is 6.26. The molecule has 0 heterocycles. The number of rotatable bonds is 4. The van der Waals surface area contributed by atoms with Gasteiger partial charge >= 0.3 is 0 Å². The quantitative estimate of drug-likeness (QED) is 0.901. The minimum atomic E-state index is 0.287. The van der Waals surface area contributed by atoms with Crippen molar-refractivity contribution in [3.05, 3.63) is 64.7 Å². The average molecular weight is 271 g/mol. The maximum absolute atomic E-state index is 8.87. The molecule has 1 atom stereocenters. The maximum Gasteiger partial charge on any atom is 0.0992 e. The lowest BCUT2D eigenvalue weighted by Gasteiger charge is -2.15. The van der Waals surface area contributed by atoms with Crippen molar-refractivity contribution in [2.45, 2.75) is 19.4 Å². The number of nitriles is 1. The second-order valence-electron chi connectivity index (χ2n) is 4.57. The summed E-state index contributed by atoms with van der Waals surface area (Å²) in [4.78, 5) is 0. The van der Waals surface area contributed by atoms with E-state index in [0.717, 1.165) is 17.1 Å². The van der Waals surface area contributed by atoms with Gasteiger partial charge in [0, 0.05) is 16.8 Å². The molecule has 0 radical (unpaired) electrons. The van der Waals surface area contributed by atoms with Crippen molar-refractivity contribution >= 4 is 17.3 Å². The Morgan fingerprint density at radius 2 is 1.95 bits per heavy atom. The van der Waals surface area contributed by atoms with Crippen molar-refractivity contribution in [3.8, 4) is 6.07 Å². The van der Waals surface area contributed by atoms with E-state index in [1.54, 1.807) is 6.07 Å². The summed E-state index contributed by atoms with van der Waals surface area (Å²) in [5.74, 6) is 0. The van der Waals surface area contributed by atoms with Gasteiger partial charge in [0.15, 0.2) is 0 Å². The zero-order valence-corrected chi connectivity index (χ0v) is 11.5. The van der Waals surface area contributed by atoms with Crippen LogP contribution in [0, 0.1) is 11.3 Å². The number of hydrogen-bond acceptors (Lipinski definition) is 2. The van der Waals surface area contributed by atoms with E-state index in [0.29, 0.717) is 5.56 Å². The molecular formula is C16H15ClN2. The molecule has 19 heavy (non-hydrogen) atoms. The van der Waals surface area contributed by atoms with Gasteiger partial charge in [0.1, 0.15) is 0 Å². The first kappa shape index (κ1) is 13.5. The number of hydrogen-bond donors (Lipinski definition) is 1. The van der Waals surface area contributed by atoms with Crippen molar-refractivity contribution < 1.29 is 0 Å². The standard InChI is InChI=1S/C16H15ClN2/c1-12(9-13-5-7-15(17)8-6-13)19-16-4-2-3-14(10-16)11-18/h2-8,10,12,19H,9H2,1H3. The van der Waals surface area contributed by atoms with Gasteiger partial charge in [-0.1, -0.05) is 29.8 Å². The number of anilines is 1. The highest BCUT2D eigenvalue weighted by Crippen LogP contribution is 2.15. The fourth-order valence-electron chi connectivity index (χ4n) is 1.99. The fourth-order valence-corrected chi connectivity index (χ4v) is 2.11. The summed E-state index contributed by atoms with van der Waals surface area (Å²) < 4.78 is 0. The molecule has 96 valence electrons. The van der Waals surface area contributed by atoms with E-state index in [2.05, 4.69) is 18.3 Å². The highest BCUT2D eigenvalue weighted by molar-refractivity contribution is 6.30. The maximum atomic E-state index is 8.87. The van der Waals surface area contributed by atoms with Crippen LogP contribution in [0.2, 0.25) is 5.02 Å². The van der Waals surface area contributed by atoms with Crippen molar-refractivity contribution in [1.29, 1.82) is 5.26 Å². The smallest absolute Gasteiger partial charge is 0.0992 e. The molecule has 2 rings (SSSR count). The first-order valence-electron chi connectivity index (χ1n) is 6.18. The second-order valence-corrected chi connectivity index (χ2v) is 5.01. The van der Waals surface area contributed by atoms with Crippen molar-refractivity contribution in [3.63, 3.8) is 0 Å². The van der Waals surface area contributed by atoms with E-state index < -0.39 is 0 Å². The van der Waals surface area contributed by atoms with Crippen LogP contribution in [0.25, 0.3) is 0 Å². The first-order valence-corrected chi connectivity index (χ1v) is 6.56. The van der Waals surface area contributed by atoms with Gasteiger partial charge in [-0.3, -0.25) is 0 Å². The van der Waals surface area contributed by atoms with Crippen LogP contribution in [0.15, 0.2) is 48.5 Å². The van der Waals surface area contributed by atoms with E-state index >= 15 is 0 Å². The molecule has 0 saturated heterocycles. The minimum Gasteiger partial charge on any atom is -0.382 e. The third-order valence-corrected chi connectivity index (χ3v) is 3.11. The molecular weight excluding hydrogens is 256 g/mol. The largest absolute Gasteiger partial charge is 0.382 e. The predicted molar refractivity (Wildman–Crippen MR) is 79.4 cm³/mol. The normalized spacial score (nSPS) is 11.6. The van der Waals surface area contributed by atoms with Crippen LogP contribution in [-0.2, 0) is 6.42 Å². The minimum absolute atomic E-state index is 0.287. The predicted octanol–water partition coefficient (Wildman–Crippen LogP) is 4.25. The van der Waals surface area contributed by atoms with Crippen LogP contribution in [0.1, 0.15) is 18.1 Å².